The zero-order valence-electron chi connectivity index (χ0n) is 19.0. The van der Waals surface area contributed by atoms with Crippen molar-refractivity contribution < 1.29 is 13.9 Å². The van der Waals surface area contributed by atoms with Gasteiger partial charge in [-0.15, -0.1) is 0 Å². The van der Waals surface area contributed by atoms with Crippen molar-refractivity contribution in [2.45, 2.75) is 32.2 Å². The van der Waals surface area contributed by atoms with E-state index in [1.807, 2.05) is 4.57 Å². The van der Waals surface area contributed by atoms with Gasteiger partial charge in [-0.05, 0) is 48.7 Å². The average molecular weight is 471 g/mol. The van der Waals surface area contributed by atoms with Gasteiger partial charge in [-0.2, -0.15) is 5.26 Å². The van der Waals surface area contributed by atoms with Crippen LogP contribution in [0, 0.1) is 22.6 Å². The van der Waals surface area contributed by atoms with Gasteiger partial charge in [-0.1, -0.05) is 12.1 Å². The van der Waals surface area contributed by atoms with E-state index in [2.05, 4.69) is 16.0 Å². The lowest BCUT2D eigenvalue weighted by atomic mass is 10.0. The number of carbonyl (C=O) groups is 1. The molecule has 1 aliphatic carbocycles. The second-order valence-corrected chi connectivity index (χ2v) is 8.92. The average Bonchev–Trinajstić information content (AvgIpc) is 3.54. The van der Waals surface area contributed by atoms with Crippen molar-refractivity contribution >= 4 is 17.0 Å². The molecule has 5 rings (SSSR count). The minimum Gasteiger partial charge on any atom is -0.465 e. The predicted molar refractivity (Wildman–Crippen MR) is 126 cm³/mol. The number of fused-ring (bicyclic) bond motifs is 1. The van der Waals surface area contributed by atoms with Crippen LogP contribution in [0.5, 0.6) is 0 Å². The Balaban J connectivity index is 1.54. The van der Waals surface area contributed by atoms with Gasteiger partial charge in [0, 0.05) is 36.6 Å². The molecule has 0 spiro atoms. The first-order valence-electron chi connectivity index (χ1n) is 11.2. The molecule has 2 aromatic carbocycles. The highest BCUT2D eigenvalue weighted by Crippen LogP contribution is 2.50. The van der Waals surface area contributed by atoms with E-state index in [1.54, 1.807) is 36.4 Å². The topological polar surface area (TPSA) is 114 Å². The maximum absolute atomic E-state index is 15.1. The summed E-state index contributed by atoms with van der Waals surface area (Å²) in [5.74, 6) is -0.225. The lowest BCUT2D eigenvalue weighted by Gasteiger charge is -2.16. The molecular formula is C26H22FN5O3. The summed E-state index contributed by atoms with van der Waals surface area (Å²) in [5, 5.41) is 9.30. The number of benzene rings is 2. The fourth-order valence-electron chi connectivity index (χ4n) is 4.37. The summed E-state index contributed by atoms with van der Waals surface area (Å²) >= 11 is 0. The predicted octanol–water partition coefficient (Wildman–Crippen LogP) is 4.00. The number of carbonyl (C=O) groups excluding carboxylic acids is 1. The minimum absolute atomic E-state index is 0.131. The van der Waals surface area contributed by atoms with Gasteiger partial charge < -0.3 is 14.3 Å². The summed E-state index contributed by atoms with van der Waals surface area (Å²) in [6.07, 6.45) is 3.90. The van der Waals surface area contributed by atoms with E-state index in [1.165, 1.54) is 19.4 Å². The van der Waals surface area contributed by atoms with Gasteiger partial charge in [-0.25, -0.2) is 23.9 Å². The fourth-order valence-corrected chi connectivity index (χ4v) is 4.37. The third kappa shape index (κ3) is 4.43. The molecule has 2 aromatic heterocycles. The van der Waals surface area contributed by atoms with Crippen LogP contribution in [0.2, 0.25) is 0 Å². The number of methoxy groups -OCH3 is 1. The second kappa shape index (κ2) is 8.80. The first kappa shape index (κ1) is 22.5. The summed E-state index contributed by atoms with van der Waals surface area (Å²) in [7, 11) is 1.33. The Morgan fingerprint density at radius 3 is 2.77 bits per heavy atom. The number of nitriles is 1. The molecule has 2 heterocycles. The Labute approximate surface area is 200 Å². The SMILES string of the molecule is COC(=O)c1ccc2nc(Cc3ccc(-c4ccnc(=O)[nH]4)cc3F)n(CC3(CC#N)CC3)c2c1. The van der Waals surface area contributed by atoms with Crippen LogP contribution in [-0.4, -0.2) is 32.6 Å². The van der Waals surface area contributed by atoms with Crippen molar-refractivity contribution in [3.05, 3.63) is 81.9 Å². The van der Waals surface area contributed by atoms with Crippen LogP contribution < -0.4 is 5.69 Å². The lowest BCUT2D eigenvalue weighted by molar-refractivity contribution is 0.0601. The van der Waals surface area contributed by atoms with Gasteiger partial charge in [0.2, 0.25) is 0 Å². The Bertz CT molecular complexity index is 1540. The third-order valence-corrected chi connectivity index (χ3v) is 6.54. The lowest BCUT2D eigenvalue weighted by Crippen LogP contribution is -2.15. The van der Waals surface area contributed by atoms with Crippen LogP contribution in [0.3, 0.4) is 0 Å². The first-order valence-corrected chi connectivity index (χ1v) is 11.2. The largest absolute Gasteiger partial charge is 0.465 e. The monoisotopic (exact) mass is 471 g/mol. The van der Waals surface area contributed by atoms with E-state index < -0.39 is 17.5 Å². The quantitative estimate of drug-likeness (QED) is 0.408. The fraction of sp³-hybridized carbons (Fsp3) is 0.269. The van der Waals surface area contributed by atoms with Crippen molar-refractivity contribution in [3.8, 4) is 17.3 Å². The Morgan fingerprint density at radius 1 is 1.26 bits per heavy atom. The van der Waals surface area contributed by atoms with Gasteiger partial charge in [0.25, 0.3) is 0 Å². The molecule has 35 heavy (non-hydrogen) atoms. The molecule has 176 valence electrons. The smallest absolute Gasteiger partial charge is 0.345 e. The number of aromatic nitrogens is 4. The molecular weight excluding hydrogens is 449 g/mol. The molecule has 0 atom stereocenters. The van der Waals surface area contributed by atoms with Gasteiger partial charge in [0.05, 0.1) is 35.5 Å². The van der Waals surface area contributed by atoms with E-state index in [0.29, 0.717) is 46.7 Å². The van der Waals surface area contributed by atoms with E-state index in [0.717, 1.165) is 18.4 Å². The van der Waals surface area contributed by atoms with E-state index in [-0.39, 0.29) is 11.8 Å². The maximum atomic E-state index is 15.1. The van der Waals surface area contributed by atoms with Crippen molar-refractivity contribution in [3.63, 3.8) is 0 Å². The number of ether oxygens (including phenoxy) is 1. The number of hydrogen-bond acceptors (Lipinski definition) is 6. The van der Waals surface area contributed by atoms with Crippen LogP contribution in [0.4, 0.5) is 4.39 Å². The number of nitrogens with zero attached hydrogens (tertiary/aromatic N) is 4. The van der Waals surface area contributed by atoms with E-state index >= 15 is 4.39 Å². The van der Waals surface area contributed by atoms with Crippen molar-refractivity contribution in [1.29, 1.82) is 5.26 Å². The summed E-state index contributed by atoms with van der Waals surface area (Å²) in [6.45, 7) is 0.564. The second-order valence-electron chi connectivity index (χ2n) is 8.92. The Kier molecular flexibility index (Phi) is 5.65. The van der Waals surface area contributed by atoms with Gasteiger partial charge in [0.15, 0.2) is 0 Å². The molecule has 0 amide bonds. The number of nitrogens with one attached hydrogen (secondary N) is 1. The summed E-state index contributed by atoms with van der Waals surface area (Å²) < 4.78 is 22.0. The number of rotatable bonds is 7. The van der Waals surface area contributed by atoms with E-state index in [9.17, 15) is 14.9 Å². The third-order valence-electron chi connectivity index (χ3n) is 6.54. The molecule has 0 bridgehead atoms. The van der Waals surface area contributed by atoms with Crippen molar-refractivity contribution in [1.82, 2.24) is 19.5 Å². The standard InChI is InChI=1S/C26H22FN5O3/c1-35-24(33)18-4-5-21-22(13-18)32(15-26(7-8-26)9-10-28)23(30-21)14-16-2-3-17(12-19(16)27)20-6-11-29-25(34)31-20/h2-6,11-13H,7-9,14-15H2,1H3,(H,29,31,34). The van der Waals surface area contributed by atoms with Gasteiger partial charge in [0.1, 0.15) is 11.6 Å². The molecule has 0 radical (unpaired) electrons. The molecule has 0 unspecified atom stereocenters. The number of hydrogen-bond donors (Lipinski definition) is 1. The van der Waals surface area contributed by atoms with Crippen LogP contribution in [0.25, 0.3) is 22.3 Å². The summed E-state index contributed by atoms with van der Waals surface area (Å²) in [6, 6.07) is 13.8. The highest BCUT2D eigenvalue weighted by Gasteiger charge is 2.43. The number of imidazole rings is 1. The molecule has 1 saturated carbocycles. The number of aromatic amines is 1. The molecule has 1 aliphatic rings. The Hall–Kier alpha value is -4.32. The van der Waals surface area contributed by atoms with Gasteiger partial charge >= 0.3 is 11.7 Å². The highest BCUT2D eigenvalue weighted by atomic mass is 19.1. The Morgan fingerprint density at radius 2 is 2.09 bits per heavy atom. The molecule has 1 fully saturated rings. The van der Waals surface area contributed by atoms with Crippen LogP contribution in [-0.2, 0) is 17.7 Å². The molecule has 9 heteroatoms. The van der Waals surface area contributed by atoms with Crippen molar-refractivity contribution in [2.75, 3.05) is 7.11 Å². The van der Waals surface area contributed by atoms with Crippen LogP contribution >= 0.6 is 0 Å². The maximum Gasteiger partial charge on any atom is 0.345 e. The van der Waals surface area contributed by atoms with E-state index in [4.69, 9.17) is 9.72 Å². The molecule has 8 nitrogen and oxygen atoms in total. The summed E-state index contributed by atoms with van der Waals surface area (Å²) in [5.41, 5.74) is 2.66. The van der Waals surface area contributed by atoms with Crippen molar-refractivity contribution in [2.24, 2.45) is 5.41 Å². The number of halogens is 1. The number of esters is 1. The van der Waals surface area contributed by atoms with Gasteiger partial charge in [-0.3, -0.25) is 0 Å². The normalized spacial score (nSPS) is 14.0. The molecule has 4 aromatic rings. The first-order chi connectivity index (χ1) is 16.9. The van der Waals surface area contributed by atoms with Crippen LogP contribution in [0.1, 0.15) is 41.0 Å². The van der Waals surface area contributed by atoms with Crippen LogP contribution in [0.15, 0.2) is 53.5 Å². The number of H-pyrrole nitrogens is 1. The molecule has 0 saturated heterocycles. The summed E-state index contributed by atoms with van der Waals surface area (Å²) in [4.78, 5) is 34.6. The highest BCUT2D eigenvalue weighted by molar-refractivity contribution is 5.93. The zero-order chi connectivity index (χ0) is 24.6. The molecule has 1 N–H and O–H groups in total. The minimum atomic E-state index is -0.501. The zero-order valence-corrected chi connectivity index (χ0v) is 19.0. The molecule has 0 aliphatic heterocycles.